The Morgan fingerprint density at radius 3 is 2.92 bits per heavy atom. The van der Waals surface area contributed by atoms with Crippen molar-refractivity contribution in [2.75, 3.05) is 32.7 Å². The van der Waals surface area contributed by atoms with Crippen LogP contribution in [0, 0.1) is 0 Å². The zero-order valence-electron chi connectivity index (χ0n) is 8.03. The van der Waals surface area contributed by atoms with Crippen LogP contribution in [-0.2, 0) is 4.84 Å². The average Bonchev–Trinajstić information content (AvgIpc) is 2.14. The van der Waals surface area contributed by atoms with Crippen molar-refractivity contribution in [1.82, 2.24) is 9.88 Å². The molecule has 0 saturated carbocycles. The number of nitrogens with one attached hydrogen (secondary N) is 1. The van der Waals surface area contributed by atoms with E-state index < -0.39 is 0 Å². The van der Waals surface area contributed by atoms with Gasteiger partial charge in [-0.25, -0.2) is 10.5 Å². The van der Waals surface area contributed by atoms with E-state index in [1.165, 1.54) is 0 Å². The third-order valence-corrected chi connectivity index (χ3v) is 1.48. The topological polar surface area (TPSA) is 37.4 Å². The van der Waals surface area contributed by atoms with Gasteiger partial charge in [0.1, 0.15) is 5.82 Å². The maximum Gasteiger partial charge on any atom is 0.149 e. The van der Waals surface area contributed by atoms with E-state index in [0.717, 1.165) is 12.4 Å². The Balaban J connectivity index is 2.13. The molecule has 1 rings (SSSR count). The minimum atomic E-state index is 0.642. The molecular formula is C9H15N3O. The van der Waals surface area contributed by atoms with E-state index in [0.29, 0.717) is 6.61 Å². The first-order valence-electron chi connectivity index (χ1n) is 4.22. The Labute approximate surface area is 78.5 Å². The molecule has 4 nitrogen and oxygen atoms in total. The number of rotatable bonds is 5. The van der Waals surface area contributed by atoms with Crippen molar-refractivity contribution < 1.29 is 4.84 Å². The number of anilines is 1. The lowest BCUT2D eigenvalue weighted by Gasteiger charge is -2.09. The van der Waals surface area contributed by atoms with Gasteiger partial charge in [0, 0.05) is 12.7 Å². The van der Waals surface area contributed by atoms with Crippen LogP contribution < -0.4 is 5.48 Å². The molecule has 0 unspecified atom stereocenters. The van der Waals surface area contributed by atoms with Gasteiger partial charge in [-0.05, 0) is 26.2 Å². The molecule has 0 aliphatic rings. The summed E-state index contributed by atoms with van der Waals surface area (Å²) in [6, 6.07) is 5.63. The first-order valence-corrected chi connectivity index (χ1v) is 4.22. The summed E-state index contributed by atoms with van der Waals surface area (Å²) in [5.74, 6) is 0.737. The molecule has 0 radical (unpaired) electrons. The summed E-state index contributed by atoms with van der Waals surface area (Å²) in [7, 11) is 4.01. The fourth-order valence-corrected chi connectivity index (χ4v) is 0.776. The van der Waals surface area contributed by atoms with E-state index in [-0.39, 0.29) is 0 Å². The zero-order valence-corrected chi connectivity index (χ0v) is 8.03. The molecule has 13 heavy (non-hydrogen) atoms. The van der Waals surface area contributed by atoms with Gasteiger partial charge in [-0.3, -0.25) is 4.84 Å². The highest BCUT2D eigenvalue weighted by molar-refractivity contribution is 5.29. The quantitative estimate of drug-likeness (QED) is 0.543. The lowest BCUT2D eigenvalue weighted by molar-refractivity contribution is 0.167. The van der Waals surface area contributed by atoms with Gasteiger partial charge in [0.25, 0.3) is 0 Å². The molecule has 72 valence electrons. The minimum absolute atomic E-state index is 0.642. The first-order chi connectivity index (χ1) is 6.29. The normalized spacial score (nSPS) is 10.4. The Bertz CT molecular complexity index is 226. The van der Waals surface area contributed by atoms with E-state index in [4.69, 9.17) is 4.84 Å². The third-order valence-electron chi connectivity index (χ3n) is 1.48. The van der Waals surface area contributed by atoms with Crippen LogP contribution in [-0.4, -0.2) is 37.1 Å². The van der Waals surface area contributed by atoms with Crippen LogP contribution in [0.15, 0.2) is 24.4 Å². The molecule has 0 atom stereocenters. The van der Waals surface area contributed by atoms with Crippen LogP contribution in [0.25, 0.3) is 0 Å². The second-order valence-electron chi connectivity index (χ2n) is 2.97. The molecule has 1 heterocycles. The summed E-state index contributed by atoms with van der Waals surface area (Å²) >= 11 is 0. The summed E-state index contributed by atoms with van der Waals surface area (Å²) in [4.78, 5) is 11.3. The van der Waals surface area contributed by atoms with Gasteiger partial charge in [-0.15, -0.1) is 0 Å². The Morgan fingerprint density at radius 1 is 1.46 bits per heavy atom. The molecular weight excluding hydrogens is 166 g/mol. The molecule has 1 N–H and O–H groups in total. The van der Waals surface area contributed by atoms with Gasteiger partial charge in [0.15, 0.2) is 0 Å². The zero-order chi connectivity index (χ0) is 9.52. The van der Waals surface area contributed by atoms with Crippen molar-refractivity contribution in [2.45, 2.75) is 0 Å². The van der Waals surface area contributed by atoms with Crippen molar-refractivity contribution in [1.29, 1.82) is 0 Å². The average molecular weight is 181 g/mol. The highest BCUT2D eigenvalue weighted by atomic mass is 16.6. The van der Waals surface area contributed by atoms with Crippen molar-refractivity contribution in [3.8, 4) is 0 Å². The van der Waals surface area contributed by atoms with Crippen LogP contribution >= 0.6 is 0 Å². The lowest BCUT2D eigenvalue weighted by Crippen LogP contribution is -2.19. The molecule has 0 fully saturated rings. The maximum atomic E-state index is 5.18. The van der Waals surface area contributed by atoms with E-state index in [2.05, 4.69) is 15.4 Å². The van der Waals surface area contributed by atoms with Crippen LogP contribution in [0.4, 0.5) is 5.82 Å². The van der Waals surface area contributed by atoms with Crippen LogP contribution in [0.5, 0.6) is 0 Å². The summed E-state index contributed by atoms with van der Waals surface area (Å²) in [5, 5.41) is 0. The second-order valence-corrected chi connectivity index (χ2v) is 2.97. The first kappa shape index (κ1) is 9.95. The maximum absolute atomic E-state index is 5.18. The van der Waals surface area contributed by atoms with Crippen molar-refractivity contribution >= 4 is 5.82 Å². The van der Waals surface area contributed by atoms with E-state index in [9.17, 15) is 0 Å². The molecule has 0 spiro atoms. The largest absolute Gasteiger partial charge is 0.307 e. The predicted octanol–water partition coefficient (Wildman–Crippen LogP) is 0.987. The summed E-state index contributed by atoms with van der Waals surface area (Å²) in [6.07, 6.45) is 1.72. The Kier molecular flexibility index (Phi) is 4.21. The molecule has 0 amide bonds. The molecule has 0 saturated heterocycles. The smallest absolute Gasteiger partial charge is 0.149 e. The number of nitrogens with zero attached hydrogens (tertiary/aromatic N) is 2. The Hall–Kier alpha value is -1.13. The molecule has 1 aromatic rings. The standard InChI is InChI=1S/C9H15N3O/c1-12(2)7-8-13-11-9-5-3-4-6-10-9/h3-6H,7-8H2,1-2H3,(H,10,11). The van der Waals surface area contributed by atoms with Crippen LogP contribution in [0.2, 0.25) is 0 Å². The summed E-state index contributed by atoms with van der Waals surface area (Å²) in [6.45, 7) is 1.53. The van der Waals surface area contributed by atoms with Crippen LogP contribution in [0.1, 0.15) is 0 Å². The molecule has 0 aromatic carbocycles. The molecule has 4 heteroatoms. The number of aromatic nitrogens is 1. The number of pyridine rings is 1. The van der Waals surface area contributed by atoms with E-state index in [1.807, 2.05) is 32.3 Å². The molecule has 1 aromatic heterocycles. The monoisotopic (exact) mass is 181 g/mol. The molecule has 0 aliphatic heterocycles. The fraction of sp³-hybridized carbons (Fsp3) is 0.444. The van der Waals surface area contributed by atoms with E-state index in [1.54, 1.807) is 6.20 Å². The molecule has 0 bridgehead atoms. The van der Waals surface area contributed by atoms with Crippen LogP contribution in [0.3, 0.4) is 0 Å². The van der Waals surface area contributed by atoms with Crippen molar-refractivity contribution in [3.63, 3.8) is 0 Å². The number of likely N-dealkylation sites (N-methyl/N-ethyl adjacent to an activating group) is 1. The predicted molar refractivity (Wildman–Crippen MR) is 52.4 cm³/mol. The van der Waals surface area contributed by atoms with E-state index >= 15 is 0 Å². The number of hydrogen-bond donors (Lipinski definition) is 1. The lowest BCUT2D eigenvalue weighted by atomic mass is 10.5. The van der Waals surface area contributed by atoms with Gasteiger partial charge in [-0.1, -0.05) is 6.07 Å². The highest BCUT2D eigenvalue weighted by Gasteiger charge is 1.92. The second kappa shape index (κ2) is 5.50. The minimum Gasteiger partial charge on any atom is -0.307 e. The van der Waals surface area contributed by atoms with Crippen molar-refractivity contribution in [3.05, 3.63) is 24.4 Å². The van der Waals surface area contributed by atoms with Gasteiger partial charge in [-0.2, -0.15) is 0 Å². The van der Waals surface area contributed by atoms with Gasteiger partial charge in [0.2, 0.25) is 0 Å². The highest BCUT2D eigenvalue weighted by Crippen LogP contribution is 1.98. The Morgan fingerprint density at radius 2 is 2.31 bits per heavy atom. The molecule has 0 aliphatic carbocycles. The van der Waals surface area contributed by atoms with Gasteiger partial charge < -0.3 is 4.90 Å². The fourth-order valence-electron chi connectivity index (χ4n) is 0.776. The summed E-state index contributed by atoms with van der Waals surface area (Å²) in [5.41, 5.74) is 2.76. The number of hydrogen-bond acceptors (Lipinski definition) is 4. The van der Waals surface area contributed by atoms with Gasteiger partial charge in [0.05, 0.1) is 6.61 Å². The third kappa shape index (κ3) is 4.45. The van der Waals surface area contributed by atoms with Crippen molar-refractivity contribution in [2.24, 2.45) is 0 Å². The SMILES string of the molecule is CN(C)CCONc1ccccn1. The summed E-state index contributed by atoms with van der Waals surface area (Å²) < 4.78 is 0. The van der Waals surface area contributed by atoms with Gasteiger partial charge >= 0.3 is 0 Å².